The summed E-state index contributed by atoms with van der Waals surface area (Å²) in [5, 5.41) is 0.514. The lowest BCUT2D eigenvalue weighted by Gasteiger charge is -2.06. The molecule has 0 spiro atoms. The molecular weight excluding hydrogens is 226 g/mol. The Balaban J connectivity index is 2.47. The van der Waals surface area contributed by atoms with Gasteiger partial charge in [0.15, 0.2) is 5.78 Å². The summed E-state index contributed by atoms with van der Waals surface area (Å²) in [6.07, 6.45) is 3.34. The van der Waals surface area contributed by atoms with Gasteiger partial charge in [-0.15, -0.1) is 0 Å². The van der Waals surface area contributed by atoms with Crippen LogP contribution < -0.4 is 4.74 Å². The maximum absolute atomic E-state index is 12.1. The van der Waals surface area contributed by atoms with Gasteiger partial charge in [0, 0.05) is 23.0 Å². The second kappa shape index (κ2) is 4.41. The number of ether oxygens (including phenoxy) is 1. The number of ketones is 1. The highest BCUT2D eigenvalue weighted by molar-refractivity contribution is 6.31. The van der Waals surface area contributed by atoms with Gasteiger partial charge in [-0.3, -0.25) is 4.79 Å². The van der Waals surface area contributed by atoms with Gasteiger partial charge in [0.25, 0.3) is 0 Å². The Labute approximate surface area is 98.0 Å². The molecule has 0 aliphatic carbocycles. The van der Waals surface area contributed by atoms with Crippen LogP contribution >= 0.6 is 11.6 Å². The number of carbonyl (C=O) groups excluding carboxylic acids is 1. The third-order valence-electron chi connectivity index (χ3n) is 2.27. The Morgan fingerprint density at radius 1 is 1.38 bits per heavy atom. The number of hydrogen-bond donors (Lipinski definition) is 1. The van der Waals surface area contributed by atoms with Gasteiger partial charge in [-0.05, 0) is 24.3 Å². The molecule has 1 heterocycles. The zero-order chi connectivity index (χ0) is 11.5. The summed E-state index contributed by atoms with van der Waals surface area (Å²) in [6.45, 7) is 0. The highest BCUT2D eigenvalue weighted by Crippen LogP contribution is 2.25. The Kier molecular flexibility index (Phi) is 2.97. The standard InChI is InChI=1S/C12H10ClNO2/c1-16-11-3-2-9(13)6-10(11)12(15)8-4-5-14-7-8/h2-7,14H,1H3. The van der Waals surface area contributed by atoms with E-state index in [1.54, 1.807) is 36.7 Å². The van der Waals surface area contributed by atoms with Crippen LogP contribution in [-0.2, 0) is 0 Å². The fraction of sp³-hybridized carbons (Fsp3) is 0.0833. The van der Waals surface area contributed by atoms with Gasteiger partial charge >= 0.3 is 0 Å². The van der Waals surface area contributed by atoms with Gasteiger partial charge in [-0.2, -0.15) is 0 Å². The molecule has 82 valence electrons. The SMILES string of the molecule is COc1ccc(Cl)cc1C(=O)c1cc[nH]c1. The second-order valence-electron chi connectivity index (χ2n) is 3.27. The van der Waals surface area contributed by atoms with Gasteiger partial charge in [0.05, 0.1) is 12.7 Å². The van der Waals surface area contributed by atoms with Crippen molar-refractivity contribution in [3.8, 4) is 5.75 Å². The second-order valence-corrected chi connectivity index (χ2v) is 3.71. The number of methoxy groups -OCH3 is 1. The van der Waals surface area contributed by atoms with Crippen LogP contribution in [0.25, 0.3) is 0 Å². The summed E-state index contributed by atoms with van der Waals surface area (Å²) < 4.78 is 5.13. The number of rotatable bonds is 3. The van der Waals surface area contributed by atoms with Crippen molar-refractivity contribution < 1.29 is 9.53 Å². The lowest BCUT2D eigenvalue weighted by Crippen LogP contribution is -2.02. The Hall–Kier alpha value is -1.74. The van der Waals surface area contributed by atoms with Gasteiger partial charge in [0.2, 0.25) is 0 Å². The molecular formula is C12H10ClNO2. The highest BCUT2D eigenvalue weighted by Gasteiger charge is 2.15. The average molecular weight is 236 g/mol. The Bertz CT molecular complexity index is 506. The number of carbonyl (C=O) groups is 1. The number of halogens is 1. The summed E-state index contributed by atoms with van der Waals surface area (Å²) in [6, 6.07) is 6.69. The largest absolute Gasteiger partial charge is 0.496 e. The molecule has 4 heteroatoms. The van der Waals surface area contributed by atoms with Crippen LogP contribution in [0.1, 0.15) is 15.9 Å². The first kappa shape index (κ1) is 10.8. The molecule has 0 amide bonds. The molecule has 0 radical (unpaired) electrons. The molecule has 1 N–H and O–H groups in total. The molecule has 0 fully saturated rings. The van der Waals surface area contributed by atoms with Gasteiger partial charge in [0.1, 0.15) is 5.75 Å². The smallest absolute Gasteiger partial charge is 0.198 e. The number of benzene rings is 1. The van der Waals surface area contributed by atoms with Crippen LogP contribution in [0.3, 0.4) is 0 Å². The average Bonchev–Trinajstić information content (AvgIpc) is 2.81. The summed E-state index contributed by atoms with van der Waals surface area (Å²) in [5.74, 6) is 0.413. The first-order valence-electron chi connectivity index (χ1n) is 4.73. The van der Waals surface area contributed by atoms with Crippen molar-refractivity contribution in [1.82, 2.24) is 4.98 Å². The predicted octanol–water partition coefficient (Wildman–Crippen LogP) is 2.91. The van der Waals surface area contributed by atoms with Crippen molar-refractivity contribution in [3.63, 3.8) is 0 Å². The summed E-state index contributed by atoms with van der Waals surface area (Å²) >= 11 is 5.86. The molecule has 0 saturated heterocycles. The van der Waals surface area contributed by atoms with E-state index in [2.05, 4.69) is 4.98 Å². The monoisotopic (exact) mass is 235 g/mol. The molecule has 0 aliphatic heterocycles. The fourth-order valence-electron chi connectivity index (χ4n) is 1.48. The van der Waals surface area contributed by atoms with Crippen molar-refractivity contribution in [2.24, 2.45) is 0 Å². The van der Waals surface area contributed by atoms with E-state index in [0.717, 1.165) is 0 Å². The predicted molar refractivity (Wildman–Crippen MR) is 62.2 cm³/mol. The van der Waals surface area contributed by atoms with Crippen molar-refractivity contribution in [2.75, 3.05) is 7.11 Å². The quantitative estimate of drug-likeness (QED) is 0.832. The maximum atomic E-state index is 12.1. The van der Waals surface area contributed by atoms with Crippen LogP contribution in [0.2, 0.25) is 5.02 Å². The van der Waals surface area contributed by atoms with E-state index in [9.17, 15) is 4.79 Å². The third kappa shape index (κ3) is 1.95. The molecule has 0 unspecified atom stereocenters. The zero-order valence-corrected chi connectivity index (χ0v) is 9.41. The topological polar surface area (TPSA) is 42.1 Å². The normalized spacial score (nSPS) is 10.1. The number of hydrogen-bond acceptors (Lipinski definition) is 2. The van der Waals surface area contributed by atoms with Crippen LogP contribution in [0.5, 0.6) is 5.75 Å². The fourth-order valence-corrected chi connectivity index (χ4v) is 1.65. The van der Waals surface area contributed by atoms with Crippen molar-refractivity contribution >= 4 is 17.4 Å². The van der Waals surface area contributed by atoms with Crippen LogP contribution in [0, 0.1) is 0 Å². The molecule has 16 heavy (non-hydrogen) atoms. The van der Waals surface area contributed by atoms with E-state index in [1.807, 2.05) is 0 Å². The van der Waals surface area contributed by atoms with E-state index in [-0.39, 0.29) is 5.78 Å². The minimum Gasteiger partial charge on any atom is -0.496 e. The molecule has 1 aromatic carbocycles. The molecule has 0 aliphatic rings. The van der Waals surface area contributed by atoms with Crippen molar-refractivity contribution in [2.45, 2.75) is 0 Å². The van der Waals surface area contributed by atoms with Gasteiger partial charge < -0.3 is 9.72 Å². The zero-order valence-electron chi connectivity index (χ0n) is 8.66. The molecule has 2 aromatic rings. The Morgan fingerprint density at radius 3 is 2.81 bits per heavy atom. The summed E-state index contributed by atoms with van der Waals surface area (Å²) in [7, 11) is 1.52. The van der Waals surface area contributed by atoms with Crippen molar-refractivity contribution in [3.05, 3.63) is 52.8 Å². The molecule has 2 rings (SSSR count). The van der Waals surface area contributed by atoms with Crippen LogP contribution in [0.4, 0.5) is 0 Å². The first-order chi connectivity index (χ1) is 7.72. The van der Waals surface area contributed by atoms with Gasteiger partial charge in [-0.25, -0.2) is 0 Å². The minimum atomic E-state index is -0.111. The van der Waals surface area contributed by atoms with Crippen LogP contribution in [0.15, 0.2) is 36.7 Å². The summed E-state index contributed by atoms with van der Waals surface area (Å²) in [5.41, 5.74) is 1.05. The van der Waals surface area contributed by atoms with E-state index in [4.69, 9.17) is 16.3 Å². The van der Waals surface area contributed by atoms with E-state index >= 15 is 0 Å². The van der Waals surface area contributed by atoms with Crippen molar-refractivity contribution in [1.29, 1.82) is 0 Å². The highest BCUT2D eigenvalue weighted by atomic mass is 35.5. The Morgan fingerprint density at radius 2 is 2.19 bits per heavy atom. The first-order valence-corrected chi connectivity index (χ1v) is 5.11. The molecule has 0 saturated carbocycles. The van der Waals surface area contributed by atoms with Crippen LogP contribution in [-0.4, -0.2) is 17.9 Å². The van der Waals surface area contributed by atoms with Gasteiger partial charge in [-0.1, -0.05) is 11.6 Å². The number of H-pyrrole nitrogens is 1. The number of nitrogens with one attached hydrogen (secondary N) is 1. The third-order valence-corrected chi connectivity index (χ3v) is 2.50. The van der Waals surface area contributed by atoms with E-state index in [0.29, 0.717) is 21.9 Å². The number of aromatic nitrogens is 1. The minimum absolute atomic E-state index is 0.111. The van der Waals surface area contributed by atoms with E-state index < -0.39 is 0 Å². The lowest BCUT2D eigenvalue weighted by atomic mass is 10.1. The molecule has 1 aromatic heterocycles. The summed E-state index contributed by atoms with van der Waals surface area (Å²) in [4.78, 5) is 14.9. The molecule has 3 nitrogen and oxygen atoms in total. The molecule has 0 atom stereocenters. The number of aromatic amines is 1. The molecule has 0 bridgehead atoms. The maximum Gasteiger partial charge on any atom is 0.198 e. The van der Waals surface area contributed by atoms with E-state index in [1.165, 1.54) is 7.11 Å². The lowest BCUT2D eigenvalue weighted by molar-refractivity contribution is 0.103.